The highest BCUT2D eigenvalue weighted by Gasteiger charge is 2.53. The molecule has 0 saturated heterocycles. The number of carbonyl (C=O) groups is 3. The molecule has 4 aliphatic rings. The number of hydrogen-bond donors (Lipinski definition) is 1. The molecule has 0 aromatic rings. The molecule has 0 radical (unpaired) electrons. The molecule has 1 N–H and O–H groups in total. The summed E-state index contributed by atoms with van der Waals surface area (Å²) in [6.45, 7) is 3.68. The summed E-state index contributed by atoms with van der Waals surface area (Å²) in [5, 5.41) is 3.05. The molecule has 1 atom stereocenters. The lowest BCUT2D eigenvalue weighted by Gasteiger charge is -2.59. The lowest BCUT2D eigenvalue weighted by Crippen LogP contribution is -2.56. The van der Waals surface area contributed by atoms with E-state index in [1.54, 1.807) is 6.92 Å². The third-order valence-electron chi connectivity index (χ3n) is 6.37. The summed E-state index contributed by atoms with van der Waals surface area (Å²) in [6, 6.07) is 0.0946. The van der Waals surface area contributed by atoms with Gasteiger partial charge in [0.1, 0.15) is 0 Å². The topological polar surface area (TPSA) is 81.7 Å². The largest absolute Gasteiger partial charge is 0.463 e. The third-order valence-corrected chi connectivity index (χ3v) is 6.37. The lowest BCUT2D eigenvalue weighted by atomic mass is 9.48. The molecule has 4 rings (SSSR count). The fourth-order valence-corrected chi connectivity index (χ4v) is 5.66. The fourth-order valence-electron chi connectivity index (χ4n) is 5.66. The molecule has 26 heavy (non-hydrogen) atoms. The van der Waals surface area contributed by atoms with Gasteiger partial charge in [-0.25, -0.2) is 9.59 Å². The Hall–Kier alpha value is -1.85. The number of nitrogens with one attached hydrogen (secondary N) is 1. The first kappa shape index (κ1) is 18.9. The molecular formula is C20H29NO5. The Balaban J connectivity index is 1.45. The minimum absolute atomic E-state index is 0.0946. The van der Waals surface area contributed by atoms with Gasteiger partial charge in [0.25, 0.3) is 5.91 Å². The zero-order chi connectivity index (χ0) is 18.7. The predicted molar refractivity (Wildman–Crippen MR) is 94.9 cm³/mol. The van der Waals surface area contributed by atoms with Crippen LogP contribution in [-0.4, -0.2) is 37.1 Å². The molecule has 0 aromatic heterocycles. The summed E-state index contributed by atoms with van der Waals surface area (Å²) >= 11 is 0. The Kier molecular flexibility index (Phi) is 5.68. The molecule has 4 bridgehead atoms. The van der Waals surface area contributed by atoms with Crippen LogP contribution in [0.4, 0.5) is 0 Å². The zero-order valence-electron chi connectivity index (χ0n) is 15.7. The number of hydrogen-bond acceptors (Lipinski definition) is 5. The second-order valence-corrected chi connectivity index (χ2v) is 8.26. The van der Waals surface area contributed by atoms with E-state index in [4.69, 9.17) is 4.74 Å². The first-order chi connectivity index (χ1) is 12.4. The van der Waals surface area contributed by atoms with Crippen LogP contribution in [0, 0.1) is 23.2 Å². The summed E-state index contributed by atoms with van der Waals surface area (Å²) in [5.41, 5.74) is 0.220. The highest BCUT2D eigenvalue weighted by atomic mass is 16.5. The first-order valence-electron chi connectivity index (χ1n) is 9.71. The Morgan fingerprint density at radius 2 is 1.50 bits per heavy atom. The summed E-state index contributed by atoms with van der Waals surface area (Å²) < 4.78 is 9.58. The van der Waals surface area contributed by atoms with Crippen molar-refractivity contribution < 1.29 is 23.9 Å². The van der Waals surface area contributed by atoms with Crippen molar-refractivity contribution in [3.63, 3.8) is 0 Å². The molecule has 6 nitrogen and oxygen atoms in total. The van der Waals surface area contributed by atoms with E-state index in [-0.39, 0.29) is 30.6 Å². The van der Waals surface area contributed by atoms with Crippen molar-refractivity contribution in [2.45, 2.75) is 58.4 Å². The summed E-state index contributed by atoms with van der Waals surface area (Å²) in [4.78, 5) is 34.9. The van der Waals surface area contributed by atoms with Gasteiger partial charge in [-0.3, -0.25) is 4.79 Å². The van der Waals surface area contributed by atoms with Crippen LogP contribution in [0.15, 0.2) is 12.2 Å². The maximum atomic E-state index is 12.2. The van der Waals surface area contributed by atoms with Gasteiger partial charge < -0.3 is 14.8 Å². The van der Waals surface area contributed by atoms with Crippen molar-refractivity contribution in [1.82, 2.24) is 5.32 Å². The van der Waals surface area contributed by atoms with Crippen molar-refractivity contribution >= 4 is 17.8 Å². The van der Waals surface area contributed by atoms with E-state index < -0.39 is 11.9 Å². The molecule has 4 aliphatic carbocycles. The van der Waals surface area contributed by atoms with Crippen LogP contribution in [0.2, 0.25) is 0 Å². The third kappa shape index (κ3) is 4.27. The Morgan fingerprint density at radius 3 is 2.00 bits per heavy atom. The predicted octanol–water partition coefficient (Wildman–Crippen LogP) is 2.37. The van der Waals surface area contributed by atoms with Gasteiger partial charge in [-0.2, -0.15) is 0 Å². The Labute approximate surface area is 154 Å². The van der Waals surface area contributed by atoms with Gasteiger partial charge in [0.15, 0.2) is 6.61 Å². The van der Waals surface area contributed by atoms with Crippen molar-refractivity contribution in [2.24, 2.45) is 23.2 Å². The molecule has 4 fully saturated rings. The average molecular weight is 363 g/mol. The van der Waals surface area contributed by atoms with Crippen LogP contribution >= 0.6 is 0 Å². The van der Waals surface area contributed by atoms with Gasteiger partial charge in [-0.15, -0.1) is 0 Å². The van der Waals surface area contributed by atoms with E-state index in [9.17, 15) is 14.4 Å². The minimum Gasteiger partial charge on any atom is -0.463 e. The van der Waals surface area contributed by atoms with Crippen LogP contribution in [0.3, 0.4) is 0 Å². The second-order valence-electron chi connectivity index (χ2n) is 8.26. The van der Waals surface area contributed by atoms with E-state index in [0.717, 1.165) is 29.9 Å². The summed E-state index contributed by atoms with van der Waals surface area (Å²) in [7, 11) is 0. The first-order valence-corrected chi connectivity index (χ1v) is 9.71. The monoisotopic (exact) mass is 363 g/mol. The van der Waals surface area contributed by atoms with Gasteiger partial charge in [0.05, 0.1) is 6.61 Å². The average Bonchev–Trinajstić information content (AvgIpc) is 2.57. The molecule has 1 amide bonds. The smallest absolute Gasteiger partial charge is 0.331 e. The molecule has 0 aromatic carbocycles. The maximum absolute atomic E-state index is 12.2. The molecular weight excluding hydrogens is 334 g/mol. The van der Waals surface area contributed by atoms with Gasteiger partial charge in [-0.1, -0.05) is 0 Å². The Morgan fingerprint density at radius 1 is 1.00 bits per heavy atom. The standard InChI is InChI=1S/C20H29NO5/c1-3-25-18(23)4-5-19(24)26-12-17(22)21-13(2)20-9-14-6-15(10-20)8-16(7-14)11-20/h4-5,13-16H,3,6-12H2,1-2H3,(H,21,22)/b5-4+/t13-,14?,15?,16?,20?/m1/s1. The maximum Gasteiger partial charge on any atom is 0.331 e. The molecule has 0 unspecified atom stereocenters. The van der Waals surface area contributed by atoms with Crippen LogP contribution in [0.5, 0.6) is 0 Å². The highest BCUT2D eigenvalue weighted by molar-refractivity contribution is 5.92. The van der Waals surface area contributed by atoms with Crippen molar-refractivity contribution in [1.29, 1.82) is 0 Å². The van der Waals surface area contributed by atoms with E-state index in [1.807, 2.05) is 0 Å². The number of amides is 1. The van der Waals surface area contributed by atoms with E-state index >= 15 is 0 Å². The zero-order valence-corrected chi connectivity index (χ0v) is 15.7. The van der Waals surface area contributed by atoms with Crippen LogP contribution in [0.1, 0.15) is 52.4 Å². The highest BCUT2D eigenvalue weighted by Crippen LogP contribution is 2.61. The van der Waals surface area contributed by atoms with Gasteiger partial charge in [0, 0.05) is 18.2 Å². The number of carbonyl (C=O) groups excluding carboxylic acids is 3. The van der Waals surface area contributed by atoms with Crippen LogP contribution in [0.25, 0.3) is 0 Å². The minimum atomic E-state index is -0.726. The quantitative estimate of drug-likeness (QED) is 0.555. The van der Waals surface area contributed by atoms with E-state index in [2.05, 4.69) is 17.0 Å². The number of rotatable bonds is 7. The second kappa shape index (κ2) is 7.80. The van der Waals surface area contributed by atoms with E-state index in [0.29, 0.717) is 0 Å². The molecule has 0 aliphatic heterocycles. The summed E-state index contributed by atoms with van der Waals surface area (Å²) in [6.07, 6.45) is 9.71. The Bertz CT molecular complexity index is 562. The fraction of sp³-hybridized carbons (Fsp3) is 0.750. The van der Waals surface area contributed by atoms with Crippen LogP contribution in [-0.2, 0) is 23.9 Å². The SMILES string of the molecule is CCOC(=O)/C=C/C(=O)OCC(=O)N[C@H](C)C12CC3CC(CC(C3)C1)C2. The molecule has 144 valence electrons. The van der Waals surface area contributed by atoms with E-state index in [1.165, 1.54) is 38.5 Å². The molecule has 4 saturated carbocycles. The van der Waals surface area contributed by atoms with Crippen LogP contribution < -0.4 is 5.32 Å². The molecule has 0 heterocycles. The van der Waals surface area contributed by atoms with Crippen molar-refractivity contribution in [3.8, 4) is 0 Å². The molecule has 0 spiro atoms. The van der Waals surface area contributed by atoms with Gasteiger partial charge in [-0.05, 0) is 75.5 Å². The van der Waals surface area contributed by atoms with Gasteiger partial charge >= 0.3 is 11.9 Å². The van der Waals surface area contributed by atoms with Gasteiger partial charge in [0.2, 0.25) is 0 Å². The number of ether oxygens (including phenoxy) is 2. The van der Waals surface area contributed by atoms with Crippen molar-refractivity contribution in [2.75, 3.05) is 13.2 Å². The summed E-state index contributed by atoms with van der Waals surface area (Å²) in [5.74, 6) is 0.857. The van der Waals surface area contributed by atoms with Crippen molar-refractivity contribution in [3.05, 3.63) is 12.2 Å². The lowest BCUT2D eigenvalue weighted by molar-refractivity contribution is -0.145. The number of esters is 2. The normalized spacial score (nSPS) is 33.1. The molecule has 6 heteroatoms.